The summed E-state index contributed by atoms with van der Waals surface area (Å²) in [6.45, 7) is 13.0. The average molecular weight is 603 g/mol. The fourth-order valence-electron chi connectivity index (χ4n) is 6.26. The molecule has 11 heteroatoms. The van der Waals surface area contributed by atoms with Gasteiger partial charge < -0.3 is 9.80 Å². The van der Waals surface area contributed by atoms with Gasteiger partial charge in [0.1, 0.15) is 11.6 Å². The van der Waals surface area contributed by atoms with E-state index >= 15 is 4.39 Å². The molecule has 4 radical (unpaired) electrons. The molecule has 0 unspecified atom stereocenters. The molecule has 3 heterocycles. The Morgan fingerprint density at radius 2 is 1.76 bits per heavy atom. The molecule has 2 atom stereocenters. The first-order chi connectivity index (χ1) is 21.3. The molecule has 1 aliphatic rings. The number of hydrogen-bond acceptors (Lipinski definition) is 5. The van der Waals surface area contributed by atoms with E-state index in [1.165, 1.54) is 15.5 Å². The average Bonchev–Trinajstić information content (AvgIpc) is 2.96. The van der Waals surface area contributed by atoms with Crippen molar-refractivity contribution in [3.63, 3.8) is 0 Å². The van der Waals surface area contributed by atoms with Crippen molar-refractivity contribution in [1.82, 2.24) is 19.4 Å². The maximum Gasteiger partial charge on any atom is 0.354 e. The lowest BCUT2D eigenvalue weighted by Crippen LogP contribution is -2.59. The lowest BCUT2D eigenvalue weighted by Gasteiger charge is -2.45. The molecule has 0 bridgehead atoms. The summed E-state index contributed by atoms with van der Waals surface area (Å²) in [6, 6.07) is 11.2. The van der Waals surface area contributed by atoms with Crippen molar-refractivity contribution in [2.75, 3.05) is 18.0 Å². The first-order valence-electron chi connectivity index (χ1n) is 14.8. The molecule has 1 saturated heterocycles. The van der Waals surface area contributed by atoms with Crippen molar-refractivity contribution < 1.29 is 13.6 Å². The number of aryl methyl sites for hydroxylation is 1. The highest BCUT2D eigenvalue weighted by Gasteiger charge is 2.35. The van der Waals surface area contributed by atoms with E-state index in [0.717, 1.165) is 5.56 Å². The number of hydrogen-bond donors (Lipinski definition) is 0. The number of halogens is 2. The number of benzene rings is 2. The van der Waals surface area contributed by atoms with Crippen LogP contribution in [0.1, 0.15) is 50.4 Å². The zero-order valence-electron chi connectivity index (χ0n) is 26.0. The summed E-state index contributed by atoms with van der Waals surface area (Å²) >= 11 is 0. The minimum absolute atomic E-state index is 0.0317. The molecule has 0 aliphatic carbocycles. The number of anilines is 1. The number of carbonyl (C=O) groups excluding carboxylic acids is 1. The van der Waals surface area contributed by atoms with E-state index in [9.17, 15) is 14.0 Å². The van der Waals surface area contributed by atoms with Gasteiger partial charge in [-0.1, -0.05) is 50.8 Å². The molecule has 45 heavy (non-hydrogen) atoms. The highest BCUT2D eigenvalue weighted by atomic mass is 19.1. The van der Waals surface area contributed by atoms with Crippen LogP contribution in [0, 0.1) is 12.7 Å². The van der Waals surface area contributed by atoms with E-state index < -0.39 is 23.2 Å². The summed E-state index contributed by atoms with van der Waals surface area (Å²) in [4.78, 5) is 39.0. The highest BCUT2D eigenvalue weighted by Crippen LogP contribution is 2.37. The van der Waals surface area contributed by atoms with E-state index in [0.29, 0.717) is 33.4 Å². The van der Waals surface area contributed by atoms with Crippen molar-refractivity contribution in [3.05, 3.63) is 99.6 Å². The van der Waals surface area contributed by atoms with Gasteiger partial charge in [0.2, 0.25) is 0 Å². The van der Waals surface area contributed by atoms with E-state index in [1.807, 2.05) is 45.6 Å². The molecule has 0 N–H and O–H groups in total. The Kier molecular flexibility index (Phi) is 8.83. The maximum absolute atomic E-state index is 16.3. The normalized spacial score (nSPS) is 16.7. The van der Waals surface area contributed by atoms with Crippen LogP contribution in [-0.2, 0) is 4.79 Å². The molecule has 1 amide bonds. The second-order valence-corrected chi connectivity index (χ2v) is 11.9. The van der Waals surface area contributed by atoms with Crippen LogP contribution in [0.25, 0.3) is 33.8 Å². The Labute approximate surface area is 264 Å². The van der Waals surface area contributed by atoms with Crippen molar-refractivity contribution in [1.29, 1.82) is 0 Å². The van der Waals surface area contributed by atoms with Gasteiger partial charge in [-0.15, -0.1) is 0 Å². The molecule has 5 rings (SSSR count). The largest absolute Gasteiger partial charge is 0.354 e. The summed E-state index contributed by atoms with van der Waals surface area (Å²) in [6.07, 6.45) is 3.26. The quantitative estimate of drug-likeness (QED) is 0.213. The van der Waals surface area contributed by atoms with E-state index in [-0.39, 0.29) is 47.8 Å². The van der Waals surface area contributed by atoms with Crippen LogP contribution in [0.4, 0.5) is 14.6 Å². The van der Waals surface area contributed by atoms with Crippen molar-refractivity contribution in [2.45, 2.75) is 52.6 Å². The number of fused-ring (bicyclic) bond motifs is 1. The van der Waals surface area contributed by atoms with E-state index in [4.69, 9.17) is 15.7 Å². The van der Waals surface area contributed by atoms with Crippen LogP contribution in [0.15, 0.2) is 71.2 Å². The predicted octanol–water partition coefficient (Wildman–Crippen LogP) is 5.56. The van der Waals surface area contributed by atoms with Crippen LogP contribution in [0.5, 0.6) is 0 Å². The molecule has 4 aromatic rings. The number of carbonyl (C=O) groups is 1. The number of piperazine rings is 1. The standard InChI is InChI=1S/C34H33B2F2N5O2/c1-18(2)30-31(19(3)11-12-39-30)43-28-15-25(24-10-8-7-9-23(24)13-29(35)36)27(38)14-26(28)32(40-34(43)45)42-20(4)16-41(17-21(42)5)33(44)22(6)37/h7-15,18,20-21H,6,16-17H2,1-5H3/t20-,21-/m0/s1. The number of pyridine rings is 1. The third kappa shape index (κ3) is 5.95. The van der Waals surface area contributed by atoms with Crippen LogP contribution in [-0.4, -0.2) is 66.2 Å². The second kappa shape index (κ2) is 12.5. The van der Waals surface area contributed by atoms with Gasteiger partial charge in [0.15, 0.2) is 5.83 Å². The Bertz CT molecular complexity index is 1910. The maximum atomic E-state index is 16.3. The molecule has 1 aliphatic heterocycles. The van der Waals surface area contributed by atoms with Gasteiger partial charge in [-0.3, -0.25) is 14.3 Å². The van der Waals surface area contributed by atoms with Crippen molar-refractivity contribution in [2.24, 2.45) is 0 Å². The van der Waals surface area contributed by atoms with Gasteiger partial charge in [-0.25, -0.2) is 13.6 Å². The van der Waals surface area contributed by atoms with E-state index in [1.54, 1.807) is 42.6 Å². The number of aromatic nitrogens is 3. The first kappa shape index (κ1) is 31.9. The van der Waals surface area contributed by atoms with Crippen molar-refractivity contribution >= 4 is 44.4 Å². The van der Waals surface area contributed by atoms with Gasteiger partial charge in [0.05, 0.1) is 32.6 Å². The fourth-order valence-corrected chi connectivity index (χ4v) is 6.26. The first-order valence-corrected chi connectivity index (χ1v) is 14.8. The lowest BCUT2D eigenvalue weighted by atomic mass is 9.77. The monoisotopic (exact) mass is 603 g/mol. The molecule has 0 spiro atoms. The molecule has 7 nitrogen and oxygen atoms in total. The number of nitrogens with zero attached hydrogens (tertiary/aromatic N) is 5. The highest BCUT2D eigenvalue weighted by molar-refractivity contribution is 6.50. The molecule has 0 saturated carbocycles. The van der Waals surface area contributed by atoms with Gasteiger partial charge in [-0.2, -0.15) is 10.4 Å². The second-order valence-electron chi connectivity index (χ2n) is 11.9. The predicted molar refractivity (Wildman–Crippen MR) is 177 cm³/mol. The van der Waals surface area contributed by atoms with Crippen LogP contribution in [0.2, 0.25) is 0 Å². The summed E-state index contributed by atoms with van der Waals surface area (Å²) < 4.78 is 31.5. The van der Waals surface area contributed by atoms with Gasteiger partial charge in [0, 0.05) is 42.3 Å². The zero-order chi connectivity index (χ0) is 32.7. The molecular formula is C34H33B2F2N5O2. The van der Waals surface area contributed by atoms with Crippen LogP contribution in [0.3, 0.4) is 0 Å². The van der Waals surface area contributed by atoms with Gasteiger partial charge >= 0.3 is 5.69 Å². The topological polar surface area (TPSA) is 71.3 Å². The molecule has 2 aromatic carbocycles. The van der Waals surface area contributed by atoms with Crippen LogP contribution >= 0.6 is 0 Å². The third-order valence-corrected chi connectivity index (χ3v) is 8.14. The minimum atomic E-state index is -1.04. The third-order valence-electron chi connectivity index (χ3n) is 8.14. The zero-order valence-corrected chi connectivity index (χ0v) is 26.0. The summed E-state index contributed by atoms with van der Waals surface area (Å²) in [5.41, 5.74) is 3.32. The van der Waals surface area contributed by atoms with Gasteiger partial charge in [0.25, 0.3) is 5.91 Å². The van der Waals surface area contributed by atoms with Crippen LogP contribution < -0.4 is 10.6 Å². The fraction of sp³-hybridized carbons (Fsp3) is 0.294. The van der Waals surface area contributed by atoms with Gasteiger partial charge in [-0.05, 0) is 61.6 Å². The Morgan fingerprint density at radius 1 is 1.09 bits per heavy atom. The Hall–Kier alpha value is -4.53. The summed E-state index contributed by atoms with van der Waals surface area (Å²) in [7, 11) is 11.6. The smallest absolute Gasteiger partial charge is 0.347 e. The SMILES string of the molecule is [B]C([B])=Cc1ccccc1-c1cc2c(cc1F)c(N1[C@@H](C)CN(C(=O)C(=C)F)C[C@@H]1C)nc(=O)n2-c1c(C)ccnc1C(C)C. The minimum Gasteiger partial charge on any atom is -0.347 e. The Morgan fingerprint density at radius 3 is 2.38 bits per heavy atom. The number of rotatable bonds is 6. The molecule has 1 fully saturated rings. The lowest BCUT2D eigenvalue weighted by molar-refractivity contribution is -0.129. The summed E-state index contributed by atoms with van der Waals surface area (Å²) in [5, 5.41) is 0.463. The Balaban J connectivity index is 1.84. The molecule has 226 valence electrons. The van der Waals surface area contributed by atoms with E-state index in [2.05, 4.69) is 16.5 Å². The van der Waals surface area contributed by atoms with Crippen molar-refractivity contribution in [3.8, 4) is 16.8 Å². The summed E-state index contributed by atoms with van der Waals surface area (Å²) in [5.74, 6) is -2.12. The number of amides is 1. The molecule has 2 aromatic heterocycles. The molecular weight excluding hydrogens is 570 g/mol.